The van der Waals surface area contributed by atoms with Crippen molar-refractivity contribution in [1.29, 1.82) is 0 Å². The second-order valence-electron chi connectivity index (χ2n) is 11.4. The maximum Gasteiger partial charge on any atom is 0.259 e. The second kappa shape index (κ2) is 13.7. The minimum absolute atomic E-state index is 0.0407. The Balaban J connectivity index is 1.12. The van der Waals surface area contributed by atoms with E-state index in [2.05, 4.69) is 29.3 Å². The van der Waals surface area contributed by atoms with Crippen molar-refractivity contribution in [2.75, 3.05) is 36.4 Å². The molecule has 232 valence electrons. The van der Waals surface area contributed by atoms with Crippen LogP contribution in [0.2, 0.25) is 0 Å². The van der Waals surface area contributed by atoms with E-state index in [-0.39, 0.29) is 24.1 Å². The van der Waals surface area contributed by atoms with Crippen LogP contribution in [0.25, 0.3) is 0 Å². The first-order valence-electron chi connectivity index (χ1n) is 15.7. The van der Waals surface area contributed by atoms with E-state index in [1.54, 1.807) is 4.90 Å². The maximum atomic E-state index is 13.8. The van der Waals surface area contributed by atoms with E-state index in [0.717, 1.165) is 36.4 Å². The number of nitrogens with zero attached hydrogens (tertiary/aromatic N) is 5. The van der Waals surface area contributed by atoms with Gasteiger partial charge in [-0.3, -0.25) is 19.4 Å². The van der Waals surface area contributed by atoms with Crippen LogP contribution < -0.4 is 10.2 Å². The lowest BCUT2D eigenvalue weighted by Gasteiger charge is -2.36. The summed E-state index contributed by atoms with van der Waals surface area (Å²) in [6.07, 6.45) is 2.04. The molecule has 0 saturated carbocycles. The van der Waals surface area contributed by atoms with Crippen LogP contribution in [-0.2, 0) is 20.8 Å². The lowest BCUT2D eigenvalue weighted by molar-refractivity contribution is -0.132. The monoisotopic (exact) mass is 622 g/mol. The van der Waals surface area contributed by atoms with Crippen molar-refractivity contribution in [3.05, 3.63) is 90.0 Å². The van der Waals surface area contributed by atoms with Gasteiger partial charge in [-0.2, -0.15) is 0 Å². The summed E-state index contributed by atoms with van der Waals surface area (Å²) < 4.78 is 0. The number of rotatable bonds is 9. The largest absolute Gasteiger partial charge is 0.368 e. The highest BCUT2D eigenvalue weighted by molar-refractivity contribution is 8.15. The molecule has 3 aromatic carbocycles. The van der Waals surface area contributed by atoms with Crippen LogP contribution in [0.5, 0.6) is 0 Å². The Morgan fingerprint density at radius 1 is 0.933 bits per heavy atom. The van der Waals surface area contributed by atoms with Gasteiger partial charge in [-0.1, -0.05) is 68.1 Å². The molecule has 0 aromatic heterocycles. The number of hydrogen-bond donors (Lipinski definition) is 1. The number of carbonyl (C=O) groups excluding carboxylic acids is 3. The molecule has 45 heavy (non-hydrogen) atoms. The highest BCUT2D eigenvalue weighted by Crippen LogP contribution is 2.36. The lowest BCUT2D eigenvalue weighted by Crippen LogP contribution is -2.49. The van der Waals surface area contributed by atoms with Gasteiger partial charge in [0.2, 0.25) is 11.8 Å². The fourth-order valence-electron chi connectivity index (χ4n) is 5.84. The Hall–Kier alpha value is -4.44. The second-order valence-corrected chi connectivity index (χ2v) is 12.5. The smallest absolute Gasteiger partial charge is 0.259 e. The van der Waals surface area contributed by atoms with Gasteiger partial charge in [0.1, 0.15) is 11.9 Å². The molecule has 1 fully saturated rings. The highest BCUT2D eigenvalue weighted by Gasteiger charge is 2.42. The quantitative estimate of drug-likeness (QED) is 0.341. The zero-order valence-electron chi connectivity index (χ0n) is 25.7. The summed E-state index contributed by atoms with van der Waals surface area (Å²) in [5.41, 5.74) is 4.58. The molecule has 3 amide bonds. The Bertz CT molecular complexity index is 1620. The molecule has 0 spiro atoms. The molecule has 3 aromatic rings. The van der Waals surface area contributed by atoms with Crippen molar-refractivity contribution in [3.63, 3.8) is 0 Å². The normalized spacial score (nSPS) is 18.1. The van der Waals surface area contributed by atoms with Gasteiger partial charge in [-0.25, -0.2) is 9.89 Å². The molecule has 0 unspecified atom stereocenters. The fourth-order valence-corrected chi connectivity index (χ4v) is 6.86. The molecule has 10 heteroatoms. The number of amides is 3. The number of amidine groups is 2. The Morgan fingerprint density at radius 2 is 1.64 bits per heavy atom. The molecule has 3 aliphatic rings. The first-order chi connectivity index (χ1) is 21.9. The van der Waals surface area contributed by atoms with Crippen molar-refractivity contribution in [1.82, 2.24) is 9.80 Å². The number of nitrogens with one attached hydrogen (secondary N) is 1. The third kappa shape index (κ3) is 6.66. The van der Waals surface area contributed by atoms with Gasteiger partial charge >= 0.3 is 0 Å². The van der Waals surface area contributed by atoms with Gasteiger partial charge in [0, 0.05) is 49.5 Å². The molecule has 3 heterocycles. The van der Waals surface area contributed by atoms with E-state index in [1.165, 1.54) is 17.3 Å². The summed E-state index contributed by atoms with van der Waals surface area (Å²) in [5, 5.41) is 2.98. The summed E-state index contributed by atoms with van der Waals surface area (Å²) in [6.45, 7) is 6.89. The van der Waals surface area contributed by atoms with Gasteiger partial charge in [0.05, 0.1) is 10.9 Å². The average molecular weight is 623 g/mol. The third-order valence-corrected chi connectivity index (χ3v) is 9.79. The molecule has 0 bridgehead atoms. The van der Waals surface area contributed by atoms with E-state index in [9.17, 15) is 14.4 Å². The number of aliphatic imine (C=N–C) groups is 2. The van der Waals surface area contributed by atoms with E-state index in [4.69, 9.17) is 9.98 Å². The van der Waals surface area contributed by atoms with Crippen LogP contribution in [0.15, 0.2) is 88.8 Å². The molecule has 0 aliphatic carbocycles. The fraction of sp³-hybridized carbons (Fsp3) is 0.343. The van der Waals surface area contributed by atoms with Crippen molar-refractivity contribution >= 4 is 57.5 Å². The number of fused-ring (bicyclic) bond motifs is 3. The Kier molecular flexibility index (Phi) is 9.30. The molecular weight excluding hydrogens is 584 g/mol. The SMILES string of the molecule is CCc1ccc(NC(=O)[C@@H](CC)SC2=Nc3ccccc3C3=N[C@@H](CCC(=O)N4CCN(c5ccccc5)CC4)C(=O)N23)cc1. The van der Waals surface area contributed by atoms with E-state index < -0.39 is 11.3 Å². The molecule has 1 saturated heterocycles. The van der Waals surface area contributed by atoms with Crippen LogP contribution in [0, 0.1) is 0 Å². The number of benzene rings is 3. The van der Waals surface area contributed by atoms with Gasteiger partial charge < -0.3 is 15.1 Å². The minimum atomic E-state index is -0.683. The van der Waals surface area contributed by atoms with Crippen LogP contribution in [0.3, 0.4) is 0 Å². The van der Waals surface area contributed by atoms with Crippen molar-refractivity contribution in [2.45, 2.75) is 50.8 Å². The van der Waals surface area contributed by atoms with Crippen LogP contribution >= 0.6 is 11.8 Å². The van der Waals surface area contributed by atoms with Crippen molar-refractivity contribution in [3.8, 4) is 0 Å². The van der Waals surface area contributed by atoms with Crippen LogP contribution in [0.4, 0.5) is 17.1 Å². The van der Waals surface area contributed by atoms with E-state index in [1.807, 2.05) is 78.6 Å². The number of hydrogen-bond acceptors (Lipinski definition) is 7. The first-order valence-corrected chi connectivity index (χ1v) is 16.6. The maximum absolute atomic E-state index is 13.8. The number of para-hydroxylation sites is 2. The van der Waals surface area contributed by atoms with Crippen molar-refractivity contribution in [2.24, 2.45) is 9.98 Å². The number of anilines is 2. The van der Waals surface area contributed by atoms with Gasteiger partial charge in [-0.15, -0.1) is 0 Å². The highest BCUT2D eigenvalue weighted by atomic mass is 32.2. The van der Waals surface area contributed by atoms with Crippen molar-refractivity contribution < 1.29 is 14.4 Å². The van der Waals surface area contributed by atoms with E-state index >= 15 is 0 Å². The Labute approximate surface area is 268 Å². The molecule has 9 nitrogen and oxygen atoms in total. The van der Waals surface area contributed by atoms with Gasteiger partial charge in [0.15, 0.2) is 5.17 Å². The molecular formula is C35H38N6O3S. The number of carbonyl (C=O) groups is 3. The number of thioether (sulfide) groups is 1. The lowest BCUT2D eigenvalue weighted by atomic mass is 10.1. The number of aryl methyl sites for hydroxylation is 1. The zero-order chi connectivity index (χ0) is 31.3. The Morgan fingerprint density at radius 3 is 2.36 bits per heavy atom. The summed E-state index contributed by atoms with van der Waals surface area (Å²) in [6, 6.07) is 25.0. The molecule has 1 N–H and O–H groups in total. The van der Waals surface area contributed by atoms with Gasteiger partial charge in [-0.05, 0) is 61.2 Å². The summed E-state index contributed by atoms with van der Waals surface area (Å²) in [4.78, 5) is 55.7. The topological polar surface area (TPSA) is 97.7 Å². The molecule has 0 radical (unpaired) electrons. The number of piperazine rings is 1. The summed E-state index contributed by atoms with van der Waals surface area (Å²) >= 11 is 1.27. The summed E-state index contributed by atoms with van der Waals surface area (Å²) in [7, 11) is 0. The summed E-state index contributed by atoms with van der Waals surface area (Å²) in [5.74, 6) is 0.220. The van der Waals surface area contributed by atoms with E-state index in [0.29, 0.717) is 42.6 Å². The molecule has 6 rings (SSSR count). The molecule has 2 atom stereocenters. The first kappa shape index (κ1) is 30.6. The average Bonchev–Trinajstić information content (AvgIpc) is 3.43. The zero-order valence-corrected chi connectivity index (χ0v) is 26.5. The van der Waals surface area contributed by atoms with Crippen LogP contribution in [-0.4, -0.2) is 76.0 Å². The molecule has 3 aliphatic heterocycles. The minimum Gasteiger partial charge on any atom is -0.368 e. The van der Waals surface area contributed by atoms with Gasteiger partial charge in [0.25, 0.3) is 5.91 Å². The van der Waals surface area contributed by atoms with Crippen LogP contribution in [0.1, 0.15) is 44.2 Å². The predicted octanol–water partition coefficient (Wildman–Crippen LogP) is 5.49. The third-order valence-electron chi connectivity index (χ3n) is 8.47. The predicted molar refractivity (Wildman–Crippen MR) is 181 cm³/mol. The standard InChI is InChI=1S/C35H38N6O3S/c1-3-24-14-16-25(17-15-24)36-33(43)30(4-2)45-35-38-28-13-9-8-12-27(28)32-37-29(34(44)41(32)35)18-19-31(42)40-22-20-39(21-23-40)26-10-6-5-7-11-26/h5-17,29-30H,3-4,18-23H2,1-2H3,(H,36,43)/t29-,30+/m0/s1.